The quantitative estimate of drug-likeness (QED) is 0.477. The third-order valence-corrected chi connectivity index (χ3v) is 4.80. The lowest BCUT2D eigenvalue weighted by atomic mass is 10.1. The molecule has 2 aromatic carbocycles. The molecule has 130 valence electrons. The van der Waals surface area contributed by atoms with E-state index in [-0.39, 0.29) is 18.2 Å². The van der Waals surface area contributed by atoms with E-state index in [9.17, 15) is 10.0 Å². The number of fused-ring (bicyclic) bond motifs is 1. The molecule has 0 saturated heterocycles. The molecule has 3 aromatic rings. The number of ether oxygens (including phenoxy) is 1. The average molecular weight is 444 g/mol. The maximum absolute atomic E-state index is 11.1. The zero-order valence-electron chi connectivity index (χ0n) is 13.1. The van der Waals surface area contributed by atoms with E-state index >= 15 is 0 Å². The topological polar surface area (TPSA) is 63.8 Å². The van der Waals surface area contributed by atoms with Crippen LogP contribution < -0.4 is 4.74 Å². The van der Waals surface area contributed by atoms with Crippen LogP contribution in [0.1, 0.15) is 5.56 Å². The normalized spacial score (nSPS) is 11.0. The van der Waals surface area contributed by atoms with Crippen molar-refractivity contribution in [2.75, 3.05) is 6.61 Å². The lowest BCUT2D eigenvalue weighted by Gasteiger charge is -2.11. The van der Waals surface area contributed by atoms with Crippen LogP contribution in [0.4, 0.5) is 5.69 Å². The number of aryl methyl sites for hydroxylation is 1. The zero-order valence-corrected chi connectivity index (χ0v) is 16.2. The van der Waals surface area contributed by atoms with Crippen molar-refractivity contribution in [1.82, 2.24) is 4.57 Å². The lowest BCUT2D eigenvalue weighted by Crippen LogP contribution is -2.08. The van der Waals surface area contributed by atoms with Crippen LogP contribution in [0.3, 0.4) is 0 Å². The molecular formula is C17H13BrCl2N2O3. The van der Waals surface area contributed by atoms with Crippen molar-refractivity contribution in [1.29, 1.82) is 0 Å². The molecule has 8 heteroatoms. The Morgan fingerprint density at radius 1 is 1.28 bits per heavy atom. The first kappa shape index (κ1) is 18.0. The second-order valence-electron chi connectivity index (χ2n) is 5.46. The first-order chi connectivity index (χ1) is 11.9. The number of aromatic hydroxyl groups is 1. The van der Waals surface area contributed by atoms with Crippen molar-refractivity contribution in [3.05, 3.63) is 55.3 Å². The maximum atomic E-state index is 11.1. The van der Waals surface area contributed by atoms with Crippen molar-refractivity contribution in [2.24, 2.45) is 5.18 Å². The molecule has 0 aliphatic carbocycles. The van der Waals surface area contributed by atoms with Gasteiger partial charge in [-0.15, -0.1) is 4.91 Å². The zero-order chi connectivity index (χ0) is 18.1. The Labute approximate surface area is 162 Å². The van der Waals surface area contributed by atoms with Gasteiger partial charge >= 0.3 is 0 Å². The third kappa shape index (κ3) is 3.47. The minimum atomic E-state index is -0.183. The highest BCUT2D eigenvalue weighted by Gasteiger charge is 2.19. The van der Waals surface area contributed by atoms with Crippen molar-refractivity contribution in [3.8, 4) is 11.6 Å². The fourth-order valence-electron chi connectivity index (χ4n) is 2.78. The number of aromatic nitrogens is 1. The first-order valence-corrected chi connectivity index (χ1v) is 8.89. The van der Waals surface area contributed by atoms with Crippen LogP contribution in [-0.4, -0.2) is 16.3 Å². The minimum absolute atomic E-state index is 0.0175. The van der Waals surface area contributed by atoms with E-state index in [1.807, 2.05) is 13.0 Å². The van der Waals surface area contributed by atoms with Gasteiger partial charge < -0.3 is 14.4 Å². The fourth-order valence-corrected chi connectivity index (χ4v) is 3.81. The fraction of sp³-hybridized carbons (Fsp3) is 0.176. The number of hydrogen-bond acceptors (Lipinski definition) is 4. The predicted octanol–water partition coefficient (Wildman–Crippen LogP) is 6.20. The van der Waals surface area contributed by atoms with Crippen LogP contribution in [0, 0.1) is 11.8 Å². The van der Waals surface area contributed by atoms with Gasteiger partial charge in [-0.2, -0.15) is 0 Å². The highest BCUT2D eigenvalue weighted by Crippen LogP contribution is 2.41. The van der Waals surface area contributed by atoms with Gasteiger partial charge in [0.25, 0.3) is 0 Å². The number of nitrogens with zero attached hydrogens (tertiary/aromatic N) is 2. The van der Waals surface area contributed by atoms with Gasteiger partial charge in [0, 0.05) is 14.9 Å². The Kier molecular flexibility index (Phi) is 5.22. The number of halogens is 3. The average Bonchev–Trinajstić information content (AvgIpc) is 2.81. The van der Waals surface area contributed by atoms with E-state index in [0.29, 0.717) is 27.7 Å². The molecule has 0 amide bonds. The van der Waals surface area contributed by atoms with Crippen LogP contribution in [0.2, 0.25) is 10.0 Å². The summed E-state index contributed by atoms with van der Waals surface area (Å²) < 4.78 is 8.08. The van der Waals surface area contributed by atoms with Gasteiger partial charge in [0.05, 0.1) is 17.1 Å². The molecule has 0 atom stereocenters. The molecule has 0 radical (unpaired) electrons. The predicted molar refractivity (Wildman–Crippen MR) is 103 cm³/mol. The van der Waals surface area contributed by atoms with E-state index in [4.69, 9.17) is 27.9 Å². The summed E-state index contributed by atoms with van der Waals surface area (Å²) in [5.74, 6) is 0.312. The second-order valence-corrected chi connectivity index (χ2v) is 7.22. The Bertz CT molecular complexity index is 972. The van der Waals surface area contributed by atoms with E-state index in [2.05, 4.69) is 21.1 Å². The van der Waals surface area contributed by atoms with Gasteiger partial charge in [-0.1, -0.05) is 39.1 Å². The van der Waals surface area contributed by atoms with Crippen LogP contribution in [0.25, 0.3) is 10.9 Å². The second kappa shape index (κ2) is 7.23. The SMILES string of the molecule is Cc1cc(Br)cc2c(N=O)c(O)n(CCOc3ccc(Cl)cc3Cl)c12. The van der Waals surface area contributed by atoms with Gasteiger partial charge in [-0.3, -0.25) is 0 Å². The summed E-state index contributed by atoms with van der Waals surface area (Å²) >= 11 is 15.3. The monoisotopic (exact) mass is 442 g/mol. The summed E-state index contributed by atoms with van der Waals surface area (Å²) in [6.07, 6.45) is 0. The number of hydrogen-bond donors (Lipinski definition) is 1. The smallest absolute Gasteiger partial charge is 0.222 e. The largest absolute Gasteiger partial charge is 0.493 e. The highest BCUT2D eigenvalue weighted by molar-refractivity contribution is 9.10. The third-order valence-electron chi connectivity index (χ3n) is 3.82. The van der Waals surface area contributed by atoms with Crippen LogP contribution in [0.5, 0.6) is 11.6 Å². The molecule has 0 fully saturated rings. The number of rotatable bonds is 5. The molecule has 3 rings (SSSR count). The van der Waals surface area contributed by atoms with Gasteiger partial charge in [-0.05, 0) is 48.0 Å². The van der Waals surface area contributed by atoms with Crippen LogP contribution in [0.15, 0.2) is 40.0 Å². The Morgan fingerprint density at radius 3 is 2.72 bits per heavy atom. The molecule has 0 aliphatic heterocycles. The summed E-state index contributed by atoms with van der Waals surface area (Å²) in [4.78, 5) is 11.1. The van der Waals surface area contributed by atoms with Crippen LogP contribution in [-0.2, 0) is 6.54 Å². The summed E-state index contributed by atoms with van der Waals surface area (Å²) in [6.45, 7) is 2.46. The molecular weight excluding hydrogens is 431 g/mol. The van der Waals surface area contributed by atoms with Gasteiger partial charge in [0.2, 0.25) is 5.88 Å². The first-order valence-electron chi connectivity index (χ1n) is 7.35. The Morgan fingerprint density at radius 2 is 2.04 bits per heavy atom. The number of nitroso groups, excluding NO2 is 1. The molecule has 1 N–H and O–H groups in total. The molecule has 1 aromatic heterocycles. The Hall–Kier alpha value is -1.76. The Balaban J connectivity index is 1.91. The van der Waals surface area contributed by atoms with Gasteiger partial charge in [-0.25, -0.2) is 0 Å². The minimum Gasteiger partial charge on any atom is -0.493 e. The standard InChI is InChI=1S/C17H13BrCl2N2O3/c1-9-6-10(18)7-12-15(21-24)17(23)22(16(9)12)4-5-25-14-3-2-11(19)8-13(14)20/h2-3,6-8,23H,4-5H2,1H3. The molecule has 5 nitrogen and oxygen atoms in total. The summed E-state index contributed by atoms with van der Waals surface area (Å²) in [6, 6.07) is 8.62. The van der Waals surface area contributed by atoms with Crippen molar-refractivity contribution in [2.45, 2.75) is 13.5 Å². The summed E-state index contributed by atoms with van der Waals surface area (Å²) in [5, 5.41) is 14.9. The van der Waals surface area contributed by atoms with Gasteiger partial charge in [0.15, 0.2) is 5.69 Å². The van der Waals surface area contributed by atoms with E-state index in [1.54, 1.807) is 28.8 Å². The maximum Gasteiger partial charge on any atom is 0.222 e. The van der Waals surface area contributed by atoms with Crippen molar-refractivity contribution >= 4 is 55.7 Å². The molecule has 0 unspecified atom stereocenters. The molecule has 0 bridgehead atoms. The molecule has 0 aliphatic rings. The molecule has 0 saturated carbocycles. The highest BCUT2D eigenvalue weighted by atomic mass is 79.9. The van der Waals surface area contributed by atoms with E-state index < -0.39 is 0 Å². The van der Waals surface area contributed by atoms with Crippen molar-refractivity contribution in [3.63, 3.8) is 0 Å². The van der Waals surface area contributed by atoms with Crippen LogP contribution >= 0.6 is 39.1 Å². The summed E-state index contributed by atoms with van der Waals surface area (Å²) in [7, 11) is 0. The van der Waals surface area contributed by atoms with E-state index in [1.165, 1.54) is 0 Å². The molecule has 25 heavy (non-hydrogen) atoms. The molecule has 0 spiro atoms. The lowest BCUT2D eigenvalue weighted by molar-refractivity contribution is 0.291. The number of benzene rings is 2. The van der Waals surface area contributed by atoms with Gasteiger partial charge in [0.1, 0.15) is 12.4 Å². The summed E-state index contributed by atoms with van der Waals surface area (Å²) in [5.41, 5.74) is 1.66. The van der Waals surface area contributed by atoms with Crippen molar-refractivity contribution < 1.29 is 9.84 Å². The molecule has 1 heterocycles. The van der Waals surface area contributed by atoms with E-state index in [0.717, 1.165) is 15.6 Å².